The van der Waals surface area contributed by atoms with Crippen molar-refractivity contribution in [1.82, 2.24) is 0 Å². The third-order valence-corrected chi connectivity index (χ3v) is 2.98. The van der Waals surface area contributed by atoms with Crippen molar-refractivity contribution in [3.05, 3.63) is 35.9 Å². The average molecular weight is 218 g/mol. The standard InChI is InChI=1S/C13H14O3/c1-16-13(15)8-12(14)11-7-10(11)9-5-3-2-4-6-9/h2-6,10-11H,7-8H2,1H3. The highest BCUT2D eigenvalue weighted by Crippen LogP contribution is 2.48. The highest BCUT2D eigenvalue weighted by Gasteiger charge is 2.43. The fraction of sp³-hybridized carbons (Fsp3) is 0.385. The van der Waals surface area contributed by atoms with Crippen molar-refractivity contribution < 1.29 is 14.3 Å². The maximum Gasteiger partial charge on any atom is 0.313 e. The number of ether oxygens (including phenoxy) is 1. The number of ketones is 1. The quantitative estimate of drug-likeness (QED) is 0.573. The first-order valence-corrected chi connectivity index (χ1v) is 5.37. The van der Waals surface area contributed by atoms with Crippen LogP contribution in [0.1, 0.15) is 24.3 Å². The molecule has 1 saturated carbocycles. The first kappa shape index (κ1) is 10.9. The summed E-state index contributed by atoms with van der Waals surface area (Å²) in [6, 6.07) is 9.94. The lowest BCUT2D eigenvalue weighted by molar-refractivity contribution is -0.143. The Bertz CT molecular complexity index is 397. The molecule has 0 bridgehead atoms. The van der Waals surface area contributed by atoms with E-state index in [0.717, 1.165) is 6.42 Å². The predicted octanol–water partition coefficient (Wildman–Crippen LogP) is 1.92. The zero-order valence-electron chi connectivity index (χ0n) is 9.18. The molecule has 3 nitrogen and oxygen atoms in total. The van der Waals surface area contributed by atoms with Gasteiger partial charge < -0.3 is 4.74 Å². The van der Waals surface area contributed by atoms with Gasteiger partial charge in [-0.3, -0.25) is 9.59 Å². The lowest BCUT2D eigenvalue weighted by Gasteiger charge is -1.99. The second-order valence-electron chi connectivity index (χ2n) is 4.08. The Morgan fingerprint density at radius 2 is 2.00 bits per heavy atom. The summed E-state index contributed by atoms with van der Waals surface area (Å²) in [4.78, 5) is 22.6. The summed E-state index contributed by atoms with van der Waals surface area (Å²) in [7, 11) is 1.30. The minimum atomic E-state index is -0.441. The third-order valence-electron chi connectivity index (χ3n) is 2.98. The smallest absolute Gasteiger partial charge is 0.313 e. The van der Waals surface area contributed by atoms with Gasteiger partial charge in [0.05, 0.1) is 7.11 Å². The van der Waals surface area contributed by atoms with Crippen molar-refractivity contribution >= 4 is 11.8 Å². The van der Waals surface area contributed by atoms with Crippen molar-refractivity contribution in [3.8, 4) is 0 Å². The fourth-order valence-electron chi connectivity index (χ4n) is 1.96. The van der Waals surface area contributed by atoms with Crippen LogP contribution >= 0.6 is 0 Å². The van der Waals surface area contributed by atoms with Crippen molar-refractivity contribution in [2.45, 2.75) is 18.8 Å². The molecule has 2 atom stereocenters. The average Bonchev–Trinajstić information content (AvgIpc) is 3.10. The summed E-state index contributed by atoms with van der Waals surface area (Å²) in [5, 5.41) is 0. The highest BCUT2D eigenvalue weighted by atomic mass is 16.5. The highest BCUT2D eigenvalue weighted by molar-refractivity contribution is 5.98. The van der Waals surface area contributed by atoms with E-state index in [4.69, 9.17) is 0 Å². The summed E-state index contributed by atoms with van der Waals surface area (Å²) in [6.07, 6.45) is 0.768. The molecule has 1 aromatic carbocycles. The van der Waals surface area contributed by atoms with Gasteiger partial charge in [0.15, 0.2) is 0 Å². The Labute approximate surface area is 94.4 Å². The first-order valence-electron chi connectivity index (χ1n) is 5.37. The van der Waals surface area contributed by atoms with E-state index in [9.17, 15) is 9.59 Å². The van der Waals surface area contributed by atoms with Crippen LogP contribution in [0.2, 0.25) is 0 Å². The maximum atomic E-state index is 11.7. The Balaban J connectivity index is 1.92. The van der Waals surface area contributed by atoms with Crippen LogP contribution in [0.15, 0.2) is 30.3 Å². The van der Waals surface area contributed by atoms with Crippen LogP contribution in [-0.2, 0) is 14.3 Å². The fourth-order valence-corrected chi connectivity index (χ4v) is 1.96. The van der Waals surface area contributed by atoms with Gasteiger partial charge in [0.2, 0.25) is 0 Å². The molecule has 3 heteroatoms. The topological polar surface area (TPSA) is 43.4 Å². The van der Waals surface area contributed by atoms with Gasteiger partial charge in [-0.15, -0.1) is 0 Å². The second kappa shape index (κ2) is 4.47. The summed E-state index contributed by atoms with van der Waals surface area (Å²) in [5.74, 6) is -0.121. The Kier molecular flexibility index (Phi) is 3.04. The summed E-state index contributed by atoms with van der Waals surface area (Å²) in [5.41, 5.74) is 1.19. The minimum absolute atomic E-state index is 0.000651. The molecule has 0 aliphatic heterocycles. The molecule has 0 aromatic heterocycles. The molecule has 1 aliphatic rings. The van der Waals surface area contributed by atoms with Gasteiger partial charge in [-0.2, -0.15) is 0 Å². The molecule has 1 aliphatic carbocycles. The van der Waals surface area contributed by atoms with E-state index in [2.05, 4.69) is 4.74 Å². The molecule has 0 heterocycles. The van der Waals surface area contributed by atoms with Crippen LogP contribution in [0.25, 0.3) is 0 Å². The number of benzene rings is 1. The summed E-state index contributed by atoms with van der Waals surface area (Å²) in [6.45, 7) is 0. The number of hydrogen-bond acceptors (Lipinski definition) is 3. The van der Waals surface area contributed by atoms with Gasteiger partial charge in [0.1, 0.15) is 12.2 Å². The summed E-state index contributed by atoms with van der Waals surface area (Å²) >= 11 is 0. The largest absolute Gasteiger partial charge is 0.469 e. The Hall–Kier alpha value is -1.64. The van der Waals surface area contributed by atoms with E-state index in [1.807, 2.05) is 30.3 Å². The third kappa shape index (κ3) is 2.30. The molecular weight excluding hydrogens is 204 g/mol. The molecule has 2 rings (SSSR count). The van der Waals surface area contributed by atoms with E-state index in [1.165, 1.54) is 12.7 Å². The van der Waals surface area contributed by atoms with Crippen LogP contribution in [0.4, 0.5) is 0 Å². The van der Waals surface area contributed by atoms with Crippen molar-refractivity contribution in [3.63, 3.8) is 0 Å². The van der Waals surface area contributed by atoms with E-state index in [1.54, 1.807) is 0 Å². The van der Waals surface area contributed by atoms with Crippen molar-refractivity contribution in [1.29, 1.82) is 0 Å². The molecule has 16 heavy (non-hydrogen) atoms. The zero-order valence-corrected chi connectivity index (χ0v) is 9.18. The maximum absolute atomic E-state index is 11.7. The number of esters is 1. The number of Topliss-reactive ketones (excluding diaryl/α,β-unsaturated/α-hetero) is 1. The van der Waals surface area contributed by atoms with Gasteiger partial charge in [0, 0.05) is 5.92 Å². The van der Waals surface area contributed by atoms with E-state index < -0.39 is 5.97 Å². The lowest BCUT2D eigenvalue weighted by atomic mass is 10.1. The number of carbonyl (C=O) groups is 2. The minimum Gasteiger partial charge on any atom is -0.469 e. The molecule has 84 valence electrons. The number of rotatable bonds is 4. The van der Waals surface area contributed by atoms with Crippen LogP contribution in [0.3, 0.4) is 0 Å². The number of hydrogen-bond donors (Lipinski definition) is 0. The second-order valence-corrected chi connectivity index (χ2v) is 4.08. The Morgan fingerprint density at radius 1 is 1.31 bits per heavy atom. The van der Waals surface area contributed by atoms with Gasteiger partial charge in [-0.1, -0.05) is 30.3 Å². The van der Waals surface area contributed by atoms with E-state index in [0.29, 0.717) is 5.92 Å². The van der Waals surface area contributed by atoms with E-state index >= 15 is 0 Å². The molecule has 0 radical (unpaired) electrons. The molecule has 1 aromatic rings. The van der Waals surface area contributed by atoms with Crippen LogP contribution in [0, 0.1) is 5.92 Å². The van der Waals surface area contributed by atoms with Gasteiger partial charge in [0.25, 0.3) is 0 Å². The van der Waals surface area contributed by atoms with E-state index in [-0.39, 0.29) is 18.1 Å². The number of carbonyl (C=O) groups excluding carboxylic acids is 2. The molecule has 0 N–H and O–H groups in total. The van der Waals surface area contributed by atoms with Gasteiger partial charge in [-0.05, 0) is 17.9 Å². The zero-order chi connectivity index (χ0) is 11.5. The van der Waals surface area contributed by atoms with Crippen LogP contribution in [0.5, 0.6) is 0 Å². The molecule has 1 fully saturated rings. The van der Waals surface area contributed by atoms with Gasteiger partial charge in [-0.25, -0.2) is 0 Å². The molecular formula is C13H14O3. The van der Waals surface area contributed by atoms with Crippen molar-refractivity contribution in [2.75, 3.05) is 7.11 Å². The molecule has 0 spiro atoms. The molecule has 0 amide bonds. The Morgan fingerprint density at radius 3 is 2.62 bits per heavy atom. The van der Waals surface area contributed by atoms with Crippen LogP contribution in [-0.4, -0.2) is 18.9 Å². The van der Waals surface area contributed by atoms with Crippen LogP contribution < -0.4 is 0 Å². The normalized spacial score (nSPS) is 22.6. The van der Waals surface area contributed by atoms with Crippen molar-refractivity contribution in [2.24, 2.45) is 5.92 Å². The SMILES string of the molecule is COC(=O)CC(=O)C1CC1c1ccccc1. The summed E-state index contributed by atoms with van der Waals surface area (Å²) < 4.78 is 4.48. The first-order chi connectivity index (χ1) is 7.72. The predicted molar refractivity (Wildman–Crippen MR) is 58.9 cm³/mol. The lowest BCUT2D eigenvalue weighted by Crippen LogP contribution is -2.11. The number of methoxy groups -OCH3 is 1. The monoisotopic (exact) mass is 218 g/mol. The molecule has 0 saturated heterocycles. The van der Waals surface area contributed by atoms with Gasteiger partial charge >= 0.3 is 5.97 Å². The molecule has 2 unspecified atom stereocenters.